The number of carbonyl (C=O) groups is 4. The largest absolute Gasteiger partial charge is 0.472 e. The molecule has 0 aliphatic rings. The molecular weight excluding hydrogens is 1170 g/mol. The molecule has 0 fully saturated rings. The number of esters is 4. The molecule has 0 amide bonds. The highest BCUT2D eigenvalue weighted by molar-refractivity contribution is 7.47. The van der Waals surface area contributed by atoms with Crippen molar-refractivity contribution >= 4 is 39.5 Å². The molecule has 0 rings (SSSR count). The molecule has 0 saturated carbocycles. The molecule has 0 saturated heterocycles. The van der Waals surface area contributed by atoms with E-state index in [1.54, 1.807) is 0 Å². The van der Waals surface area contributed by atoms with Crippen molar-refractivity contribution in [2.75, 3.05) is 39.6 Å². The van der Waals surface area contributed by atoms with Crippen LogP contribution in [0.4, 0.5) is 0 Å². The van der Waals surface area contributed by atoms with E-state index in [1.165, 1.54) is 141 Å². The van der Waals surface area contributed by atoms with Gasteiger partial charge in [0, 0.05) is 25.7 Å². The van der Waals surface area contributed by atoms with Crippen LogP contribution in [0.3, 0.4) is 0 Å². The Morgan fingerprint density at radius 1 is 0.281 bits per heavy atom. The van der Waals surface area contributed by atoms with Gasteiger partial charge in [-0.15, -0.1) is 0 Å². The third-order valence-electron chi connectivity index (χ3n) is 16.1. The van der Waals surface area contributed by atoms with Gasteiger partial charge in [-0.05, 0) is 49.4 Å². The van der Waals surface area contributed by atoms with E-state index in [1.807, 2.05) is 0 Å². The van der Waals surface area contributed by atoms with Crippen molar-refractivity contribution in [1.82, 2.24) is 0 Å². The van der Waals surface area contributed by atoms with Gasteiger partial charge in [-0.1, -0.05) is 293 Å². The highest BCUT2D eigenvalue weighted by Crippen LogP contribution is 2.45. The first-order valence-electron chi connectivity index (χ1n) is 36.2. The summed E-state index contributed by atoms with van der Waals surface area (Å²) in [6, 6.07) is 0. The monoisotopic (exact) mass is 1310 g/mol. The predicted octanol–water partition coefficient (Wildman–Crippen LogP) is 19.7. The highest BCUT2D eigenvalue weighted by atomic mass is 31.2. The minimum absolute atomic E-state index is 0.104. The maximum Gasteiger partial charge on any atom is 0.472 e. The Morgan fingerprint density at radius 3 is 0.697 bits per heavy atom. The number of hydrogen-bond donors (Lipinski definition) is 3. The lowest BCUT2D eigenvalue weighted by atomic mass is 10.0. The number of aliphatic hydroxyl groups is 1. The lowest BCUT2D eigenvalue weighted by molar-refractivity contribution is -0.161. The van der Waals surface area contributed by atoms with E-state index in [9.17, 15) is 43.2 Å². The van der Waals surface area contributed by atoms with E-state index in [2.05, 4.69) is 55.4 Å². The Balaban J connectivity index is 5.26. The summed E-state index contributed by atoms with van der Waals surface area (Å²) in [6.45, 7) is 14.1. The second-order valence-electron chi connectivity index (χ2n) is 27.2. The molecule has 17 nitrogen and oxygen atoms in total. The van der Waals surface area contributed by atoms with Gasteiger partial charge in [0.15, 0.2) is 12.2 Å². The molecule has 0 aromatic heterocycles. The van der Waals surface area contributed by atoms with Crippen LogP contribution >= 0.6 is 15.6 Å². The lowest BCUT2D eigenvalue weighted by Crippen LogP contribution is -2.30. The molecule has 0 radical (unpaired) electrons. The normalized spacial score (nSPS) is 14.3. The maximum absolute atomic E-state index is 13.0. The van der Waals surface area contributed by atoms with Crippen molar-refractivity contribution in [1.29, 1.82) is 0 Å². The van der Waals surface area contributed by atoms with Crippen LogP contribution < -0.4 is 0 Å². The van der Waals surface area contributed by atoms with E-state index in [0.717, 1.165) is 114 Å². The van der Waals surface area contributed by atoms with Gasteiger partial charge in [0.25, 0.3) is 0 Å². The summed E-state index contributed by atoms with van der Waals surface area (Å²) in [5.41, 5.74) is 0. The van der Waals surface area contributed by atoms with Gasteiger partial charge in [-0.2, -0.15) is 0 Å². The number of phosphoric ester groups is 2. The van der Waals surface area contributed by atoms with Gasteiger partial charge < -0.3 is 33.8 Å². The smallest absolute Gasteiger partial charge is 0.462 e. The number of hydrogen-bond acceptors (Lipinski definition) is 15. The topological polar surface area (TPSA) is 237 Å². The molecule has 0 spiro atoms. The van der Waals surface area contributed by atoms with Gasteiger partial charge in [-0.3, -0.25) is 37.3 Å². The summed E-state index contributed by atoms with van der Waals surface area (Å²) in [7, 11) is -9.90. The van der Waals surface area contributed by atoms with Crippen molar-refractivity contribution < 1.29 is 80.2 Å². The standard InChI is InChI=1S/C70H136O17P2/c1-60(2)46-38-30-22-16-10-9-11-20-26-36-44-52-69(74)86-65(56-80-67(72)50-42-34-25-19-14-12-17-23-31-39-47-61(3)4)58-84-88(76,77)82-54-64(71)55-83-89(78,79)85-59-66(57-81-68(73)51-43-35-29-28-33-41-49-63(7)8)87-70(75)53-45-37-27-21-15-13-18-24-32-40-48-62(5)6/h60-66,71H,9-59H2,1-8H3,(H,76,77)(H,78,79)/t64-,65-,66-/m1/s1. The summed E-state index contributed by atoms with van der Waals surface area (Å²) in [5, 5.41) is 10.6. The second-order valence-corrected chi connectivity index (χ2v) is 30.1. The maximum atomic E-state index is 13.0. The van der Waals surface area contributed by atoms with Crippen LogP contribution in [-0.2, 0) is 65.4 Å². The fourth-order valence-electron chi connectivity index (χ4n) is 10.5. The highest BCUT2D eigenvalue weighted by Gasteiger charge is 2.30. The predicted molar refractivity (Wildman–Crippen MR) is 358 cm³/mol. The number of ether oxygens (including phenoxy) is 4. The van der Waals surface area contributed by atoms with Crippen LogP contribution in [0.25, 0.3) is 0 Å². The van der Waals surface area contributed by atoms with Crippen molar-refractivity contribution in [3.8, 4) is 0 Å². The molecular formula is C70H136O17P2. The molecule has 0 bridgehead atoms. The quantitative estimate of drug-likeness (QED) is 0.0222. The fourth-order valence-corrected chi connectivity index (χ4v) is 12.1. The first-order valence-corrected chi connectivity index (χ1v) is 39.2. The summed E-state index contributed by atoms with van der Waals surface area (Å²) < 4.78 is 68.3. The number of unbranched alkanes of at least 4 members (excludes halogenated alkanes) is 33. The van der Waals surface area contributed by atoms with Crippen LogP contribution in [0.15, 0.2) is 0 Å². The van der Waals surface area contributed by atoms with Crippen LogP contribution in [-0.4, -0.2) is 96.7 Å². The Hall–Kier alpha value is -1.94. The van der Waals surface area contributed by atoms with Crippen LogP contribution in [0.2, 0.25) is 0 Å². The fraction of sp³-hybridized carbons (Fsp3) is 0.943. The van der Waals surface area contributed by atoms with Gasteiger partial charge >= 0.3 is 39.5 Å². The summed E-state index contributed by atoms with van der Waals surface area (Å²) >= 11 is 0. The van der Waals surface area contributed by atoms with E-state index in [-0.39, 0.29) is 25.7 Å². The van der Waals surface area contributed by atoms with Gasteiger partial charge in [0.2, 0.25) is 0 Å². The Morgan fingerprint density at radius 2 is 0.472 bits per heavy atom. The third-order valence-corrected chi connectivity index (χ3v) is 18.0. The van der Waals surface area contributed by atoms with E-state index < -0.39 is 97.5 Å². The molecule has 3 N–H and O–H groups in total. The first kappa shape index (κ1) is 87.1. The SMILES string of the molecule is CC(C)CCCCCCCCCCCCCC(=O)O[C@H](COC(=O)CCCCCCCCCCCCC(C)C)COP(=O)(O)OC[C@@H](O)COP(=O)(O)OC[C@@H](COC(=O)CCCCCCCCC(C)C)OC(=O)CCCCCCCCCCCCC(C)C. The van der Waals surface area contributed by atoms with Crippen molar-refractivity contribution in [3.05, 3.63) is 0 Å². The minimum Gasteiger partial charge on any atom is -0.462 e. The molecule has 2 unspecified atom stereocenters. The average molecular weight is 1310 g/mol. The van der Waals surface area contributed by atoms with Crippen LogP contribution in [0.5, 0.6) is 0 Å². The molecule has 89 heavy (non-hydrogen) atoms. The number of aliphatic hydroxyl groups excluding tert-OH is 1. The minimum atomic E-state index is -4.95. The Labute approximate surface area is 543 Å². The number of phosphoric acid groups is 2. The number of rotatable bonds is 67. The average Bonchev–Trinajstić information content (AvgIpc) is 3.65. The molecule has 0 aliphatic carbocycles. The van der Waals surface area contributed by atoms with Gasteiger partial charge in [0.1, 0.15) is 19.3 Å². The molecule has 5 atom stereocenters. The lowest BCUT2D eigenvalue weighted by Gasteiger charge is -2.21. The zero-order valence-corrected chi connectivity index (χ0v) is 59.8. The van der Waals surface area contributed by atoms with Crippen LogP contribution in [0, 0.1) is 23.7 Å². The second kappa shape index (κ2) is 59.8. The molecule has 0 heterocycles. The van der Waals surface area contributed by atoms with Crippen molar-refractivity contribution in [3.63, 3.8) is 0 Å². The molecule has 19 heteroatoms. The Kier molecular flexibility index (Phi) is 58.5. The van der Waals surface area contributed by atoms with E-state index in [4.69, 9.17) is 37.0 Å². The zero-order chi connectivity index (χ0) is 66.1. The van der Waals surface area contributed by atoms with Crippen molar-refractivity contribution in [2.24, 2.45) is 23.7 Å². The molecule has 0 aromatic rings. The zero-order valence-electron chi connectivity index (χ0n) is 58.1. The molecule has 528 valence electrons. The summed E-state index contributed by atoms with van der Waals surface area (Å²) in [4.78, 5) is 72.5. The van der Waals surface area contributed by atoms with E-state index >= 15 is 0 Å². The van der Waals surface area contributed by atoms with Crippen LogP contribution in [0.1, 0.15) is 344 Å². The van der Waals surface area contributed by atoms with Gasteiger partial charge in [0.05, 0.1) is 26.4 Å². The van der Waals surface area contributed by atoms with Gasteiger partial charge in [-0.25, -0.2) is 9.13 Å². The molecule has 0 aliphatic heterocycles. The molecule has 0 aromatic carbocycles. The Bertz CT molecular complexity index is 1760. The van der Waals surface area contributed by atoms with E-state index in [0.29, 0.717) is 31.6 Å². The van der Waals surface area contributed by atoms with Crippen molar-refractivity contribution in [2.45, 2.75) is 363 Å². The number of carbonyl (C=O) groups excluding carboxylic acids is 4. The third kappa shape index (κ3) is 64.6. The summed E-state index contributed by atoms with van der Waals surface area (Å²) in [5.74, 6) is 0.825. The first-order chi connectivity index (χ1) is 42.6. The summed E-state index contributed by atoms with van der Waals surface area (Å²) in [6.07, 6.45) is 41.8.